The average molecular weight is 261 g/mol. The van der Waals surface area contributed by atoms with Crippen molar-refractivity contribution in [3.8, 4) is 5.69 Å². The van der Waals surface area contributed by atoms with Crippen LogP contribution in [0.5, 0.6) is 0 Å². The van der Waals surface area contributed by atoms with E-state index in [1.165, 1.54) is 12.1 Å². The zero-order chi connectivity index (χ0) is 14.0. The largest absolute Gasteiger partial charge is 0.381 e. The van der Waals surface area contributed by atoms with Gasteiger partial charge in [0, 0.05) is 12.1 Å². The lowest BCUT2D eigenvalue weighted by Crippen LogP contribution is -2.05. The van der Waals surface area contributed by atoms with Crippen molar-refractivity contribution in [2.45, 2.75) is 26.7 Å². The lowest BCUT2D eigenvalue weighted by atomic mass is 10.1. The van der Waals surface area contributed by atoms with E-state index in [-0.39, 0.29) is 5.69 Å². The quantitative estimate of drug-likeness (QED) is 0.670. The molecule has 0 saturated heterocycles. The van der Waals surface area contributed by atoms with Crippen LogP contribution >= 0.6 is 0 Å². The molecule has 0 atom stereocenters. The summed E-state index contributed by atoms with van der Waals surface area (Å²) in [5, 5.41) is 18.6. The molecule has 7 heteroatoms. The number of nitrogen functional groups attached to an aromatic ring is 1. The van der Waals surface area contributed by atoms with Gasteiger partial charge < -0.3 is 5.73 Å². The van der Waals surface area contributed by atoms with Crippen molar-refractivity contribution in [2.24, 2.45) is 0 Å². The number of hydrogen-bond acceptors (Lipinski definition) is 5. The summed E-state index contributed by atoms with van der Waals surface area (Å²) in [6, 6.07) is 4.64. The molecule has 0 aliphatic rings. The van der Waals surface area contributed by atoms with Gasteiger partial charge in [0.05, 0.1) is 16.3 Å². The van der Waals surface area contributed by atoms with Crippen molar-refractivity contribution < 1.29 is 4.92 Å². The Kier molecular flexibility index (Phi) is 3.46. The third kappa shape index (κ3) is 2.40. The number of nitro groups is 1. The second-order valence-corrected chi connectivity index (χ2v) is 4.31. The topological polar surface area (TPSA) is 99.9 Å². The number of nitro benzene ring substituents is 1. The minimum atomic E-state index is -0.417. The van der Waals surface area contributed by atoms with Crippen molar-refractivity contribution in [1.29, 1.82) is 0 Å². The fourth-order valence-electron chi connectivity index (χ4n) is 1.97. The Bertz CT molecular complexity index is 621. The molecule has 0 fully saturated rings. The molecule has 0 aliphatic carbocycles. The highest BCUT2D eigenvalue weighted by Gasteiger charge is 2.15. The number of nitrogens with zero attached hydrogens (tertiary/aromatic N) is 4. The molecule has 0 aliphatic heterocycles. The lowest BCUT2D eigenvalue weighted by molar-refractivity contribution is -0.384. The molecule has 2 rings (SSSR count). The van der Waals surface area contributed by atoms with Gasteiger partial charge in [-0.2, -0.15) is 0 Å². The number of non-ortho nitro benzene ring substituents is 1. The fourth-order valence-corrected chi connectivity index (χ4v) is 1.97. The average Bonchev–Trinajstić information content (AvgIpc) is 2.72. The van der Waals surface area contributed by atoms with Crippen LogP contribution in [0, 0.1) is 17.0 Å². The highest BCUT2D eigenvalue weighted by Crippen LogP contribution is 2.23. The first kappa shape index (κ1) is 13.0. The van der Waals surface area contributed by atoms with Gasteiger partial charge in [-0.1, -0.05) is 18.6 Å². The zero-order valence-corrected chi connectivity index (χ0v) is 10.8. The maximum absolute atomic E-state index is 10.7. The number of hydrogen-bond donors (Lipinski definition) is 1. The van der Waals surface area contributed by atoms with Gasteiger partial charge in [-0.15, -0.1) is 5.10 Å². The van der Waals surface area contributed by atoms with E-state index in [0.717, 1.165) is 29.8 Å². The summed E-state index contributed by atoms with van der Waals surface area (Å²) in [6.45, 7) is 3.84. The molecule has 0 unspecified atom stereocenters. The van der Waals surface area contributed by atoms with Crippen LogP contribution in [0.2, 0.25) is 0 Å². The normalized spacial score (nSPS) is 10.6. The summed E-state index contributed by atoms with van der Waals surface area (Å²) in [7, 11) is 0. The Morgan fingerprint density at radius 2 is 2.21 bits per heavy atom. The molecular weight excluding hydrogens is 246 g/mol. The molecule has 2 N–H and O–H groups in total. The number of aryl methyl sites for hydroxylation is 1. The zero-order valence-electron chi connectivity index (χ0n) is 10.8. The van der Waals surface area contributed by atoms with Gasteiger partial charge in [0.25, 0.3) is 5.69 Å². The Balaban J connectivity index is 2.50. The van der Waals surface area contributed by atoms with E-state index >= 15 is 0 Å². The standard InChI is InChI=1S/C12H15N5O2/c1-3-4-11-12(13)14-15-16(11)10-6-5-9(17(18)19)7-8(10)2/h5-7H,3-4,13H2,1-2H3. The Morgan fingerprint density at radius 1 is 1.47 bits per heavy atom. The van der Waals surface area contributed by atoms with Gasteiger partial charge >= 0.3 is 0 Å². The second-order valence-electron chi connectivity index (χ2n) is 4.31. The van der Waals surface area contributed by atoms with Crippen molar-refractivity contribution in [3.63, 3.8) is 0 Å². The van der Waals surface area contributed by atoms with E-state index in [9.17, 15) is 10.1 Å². The molecule has 0 amide bonds. The first-order chi connectivity index (χ1) is 9.04. The molecule has 19 heavy (non-hydrogen) atoms. The molecule has 7 nitrogen and oxygen atoms in total. The molecule has 1 aromatic heterocycles. The highest BCUT2D eigenvalue weighted by molar-refractivity contribution is 5.50. The van der Waals surface area contributed by atoms with E-state index < -0.39 is 4.92 Å². The van der Waals surface area contributed by atoms with Crippen LogP contribution in [0.1, 0.15) is 24.6 Å². The van der Waals surface area contributed by atoms with E-state index in [2.05, 4.69) is 10.3 Å². The minimum absolute atomic E-state index is 0.0615. The Hall–Kier alpha value is -2.44. The molecular formula is C12H15N5O2. The maximum Gasteiger partial charge on any atom is 0.269 e. The fraction of sp³-hybridized carbons (Fsp3) is 0.333. The van der Waals surface area contributed by atoms with Crippen LogP contribution in [-0.2, 0) is 6.42 Å². The van der Waals surface area contributed by atoms with Crippen LogP contribution in [0.3, 0.4) is 0 Å². The van der Waals surface area contributed by atoms with Crippen LogP contribution in [0.15, 0.2) is 18.2 Å². The molecule has 0 bridgehead atoms. The first-order valence-corrected chi connectivity index (χ1v) is 6.00. The smallest absolute Gasteiger partial charge is 0.269 e. The highest BCUT2D eigenvalue weighted by atomic mass is 16.6. The van der Waals surface area contributed by atoms with E-state index in [4.69, 9.17) is 5.73 Å². The van der Waals surface area contributed by atoms with Gasteiger partial charge in [0.1, 0.15) is 0 Å². The summed E-state index contributed by atoms with van der Waals surface area (Å²) >= 11 is 0. The number of rotatable bonds is 4. The number of benzene rings is 1. The van der Waals surface area contributed by atoms with Crippen LogP contribution < -0.4 is 5.73 Å². The predicted octanol–water partition coefficient (Wildman–Crippen LogP) is 2.02. The summed E-state index contributed by atoms with van der Waals surface area (Å²) in [5.41, 5.74) is 8.21. The number of nitrogens with two attached hydrogens (primary N) is 1. The Morgan fingerprint density at radius 3 is 2.79 bits per heavy atom. The Labute approximate surface area is 110 Å². The van der Waals surface area contributed by atoms with E-state index in [0.29, 0.717) is 5.82 Å². The van der Waals surface area contributed by atoms with E-state index in [1.54, 1.807) is 17.7 Å². The van der Waals surface area contributed by atoms with Gasteiger partial charge in [0.15, 0.2) is 5.82 Å². The molecule has 0 spiro atoms. The lowest BCUT2D eigenvalue weighted by Gasteiger charge is -2.08. The van der Waals surface area contributed by atoms with Crippen molar-refractivity contribution in [2.75, 3.05) is 5.73 Å². The maximum atomic E-state index is 10.7. The minimum Gasteiger partial charge on any atom is -0.381 e. The van der Waals surface area contributed by atoms with Gasteiger partial charge in [-0.25, -0.2) is 4.68 Å². The van der Waals surface area contributed by atoms with Gasteiger partial charge in [-0.3, -0.25) is 10.1 Å². The molecule has 0 saturated carbocycles. The van der Waals surface area contributed by atoms with E-state index in [1.807, 2.05) is 6.92 Å². The van der Waals surface area contributed by atoms with Gasteiger partial charge in [0.2, 0.25) is 0 Å². The molecule has 100 valence electrons. The molecule has 2 aromatic rings. The third-order valence-corrected chi connectivity index (χ3v) is 2.90. The SMILES string of the molecule is CCCc1c(N)nnn1-c1ccc([N+](=O)[O-])cc1C. The summed E-state index contributed by atoms with van der Waals surface area (Å²) in [6.07, 6.45) is 1.68. The molecule has 0 radical (unpaired) electrons. The molecule has 1 aromatic carbocycles. The summed E-state index contributed by atoms with van der Waals surface area (Å²) < 4.78 is 1.65. The van der Waals surface area contributed by atoms with Crippen LogP contribution in [-0.4, -0.2) is 19.9 Å². The number of anilines is 1. The summed E-state index contributed by atoms with van der Waals surface area (Å²) in [4.78, 5) is 10.3. The second kappa shape index (κ2) is 5.05. The van der Waals surface area contributed by atoms with Crippen molar-refractivity contribution in [3.05, 3.63) is 39.6 Å². The van der Waals surface area contributed by atoms with Crippen LogP contribution in [0.25, 0.3) is 5.69 Å². The third-order valence-electron chi connectivity index (χ3n) is 2.90. The monoisotopic (exact) mass is 261 g/mol. The predicted molar refractivity (Wildman–Crippen MR) is 71.2 cm³/mol. The van der Waals surface area contributed by atoms with Crippen LogP contribution in [0.4, 0.5) is 11.5 Å². The summed E-state index contributed by atoms with van der Waals surface area (Å²) in [5.74, 6) is 0.402. The van der Waals surface area contributed by atoms with Gasteiger partial charge in [-0.05, 0) is 25.0 Å². The van der Waals surface area contributed by atoms with Crippen molar-refractivity contribution >= 4 is 11.5 Å². The first-order valence-electron chi connectivity index (χ1n) is 6.00. The molecule has 1 heterocycles. The number of aromatic nitrogens is 3. The van der Waals surface area contributed by atoms with Crippen molar-refractivity contribution in [1.82, 2.24) is 15.0 Å².